The van der Waals surface area contributed by atoms with Gasteiger partial charge in [-0.25, -0.2) is 0 Å². The predicted molar refractivity (Wildman–Crippen MR) is 106 cm³/mol. The van der Waals surface area contributed by atoms with Crippen LogP contribution >= 0.6 is 0 Å². The summed E-state index contributed by atoms with van der Waals surface area (Å²) in [6, 6.07) is 18.5. The van der Waals surface area contributed by atoms with Gasteiger partial charge >= 0.3 is 0 Å². The molecular formula is C23H30N2O. The molecule has 0 spiro atoms. The first-order valence-corrected chi connectivity index (χ1v) is 10.1. The molecule has 138 valence electrons. The second-order valence-corrected chi connectivity index (χ2v) is 7.61. The second kappa shape index (κ2) is 8.34. The summed E-state index contributed by atoms with van der Waals surface area (Å²) >= 11 is 0. The fourth-order valence-corrected chi connectivity index (χ4v) is 4.58. The first-order valence-electron chi connectivity index (χ1n) is 10.1. The lowest BCUT2D eigenvalue weighted by atomic mass is 9.92. The van der Waals surface area contributed by atoms with Gasteiger partial charge in [0.2, 0.25) is 0 Å². The number of aliphatic hydroxyl groups excluding tert-OH is 1. The van der Waals surface area contributed by atoms with Gasteiger partial charge in [-0.1, -0.05) is 48.5 Å². The normalized spacial score (nSPS) is 19.0. The third kappa shape index (κ3) is 3.71. The number of aliphatic hydroxyl groups is 1. The summed E-state index contributed by atoms with van der Waals surface area (Å²) in [4.78, 5) is 5.24. The highest BCUT2D eigenvalue weighted by Crippen LogP contribution is 2.37. The maximum atomic E-state index is 8.99. The molecule has 0 atom stereocenters. The molecule has 0 saturated carbocycles. The standard InChI is InChI=1S/C23H30N2O/c26-18-6-5-13-24-14-16-25(17-15-24)23-21-9-3-1-7-19(21)11-12-20-8-2-4-10-22(20)23/h1-4,7-10,23,26H,5-6,11-18H2. The molecule has 0 unspecified atom stereocenters. The first kappa shape index (κ1) is 17.7. The third-order valence-electron chi connectivity index (χ3n) is 6.02. The van der Waals surface area contributed by atoms with Crippen molar-refractivity contribution in [2.24, 2.45) is 0 Å². The van der Waals surface area contributed by atoms with Crippen LogP contribution in [0, 0.1) is 0 Å². The van der Waals surface area contributed by atoms with Gasteiger partial charge in [-0.05, 0) is 54.5 Å². The van der Waals surface area contributed by atoms with E-state index in [-0.39, 0.29) is 0 Å². The Kier molecular flexibility index (Phi) is 5.68. The van der Waals surface area contributed by atoms with E-state index in [0.717, 1.165) is 58.4 Å². The lowest BCUT2D eigenvalue weighted by Crippen LogP contribution is -2.48. The highest BCUT2D eigenvalue weighted by Gasteiger charge is 2.30. The Morgan fingerprint density at radius 3 is 1.92 bits per heavy atom. The number of piperazine rings is 1. The summed E-state index contributed by atoms with van der Waals surface area (Å²) in [6.45, 7) is 5.93. The monoisotopic (exact) mass is 350 g/mol. The minimum Gasteiger partial charge on any atom is -0.396 e. The molecule has 1 aliphatic carbocycles. The smallest absolute Gasteiger partial charge is 0.0608 e. The zero-order valence-electron chi connectivity index (χ0n) is 15.6. The van der Waals surface area contributed by atoms with Gasteiger partial charge in [0.05, 0.1) is 6.04 Å². The molecule has 1 heterocycles. The van der Waals surface area contributed by atoms with E-state index < -0.39 is 0 Å². The minimum atomic E-state index is 0.315. The minimum absolute atomic E-state index is 0.315. The number of aryl methyl sites for hydroxylation is 2. The van der Waals surface area contributed by atoms with Crippen LogP contribution in [0.3, 0.4) is 0 Å². The number of rotatable bonds is 5. The van der Waals surface area contributed by atoms with Crippen LogP contribution < -0.4 is 0 Å². The van der Waals surface area contributed by atoms with Crippen LogP contribution in [-0.2, 0) is 12.8 Å². The zero-order valence-corrected chi connectivity index (χ0v) is 15.6. The molecule has 1 aliphatic heterocycles. The van der Waals surface area contributed by atoms with E-state index in [1.165, 1.54) is 22.3 Å². The molecule has 1 N–H and O–H groups in total. The highest BCUT2D eigenvalue weighted by molar-refractivity contribution is 5.44. The highest BCUT2D eigenvalue weighted by atomic mass is 16.2. The Balaban J connectivity index is 1.56. The van der Waals surface area contributed by atoms with Gasteiger partial charge in [0.1, 0.15) is 0 Å². The van der Waals surface area contributed by atoms with Gasteiger partial charge in [0.15, 0.2) is 0 Å². The van der Waals surface area contributed by atoms with Crippen LogP contribution in [0.2, 0.25) is 0 Å². The van der Waals surface area contributed by atoms with Crippen LogP contribution in [0.25, 0.3) is 0 Å². The van der Waals surface area contributed by atoms with E-state index in [2.05, 4.69) is 58.3 Å². The molecule has 0 aromatic heterocycles. The number of hydrogen-bond acceptors (Lipinski definition) is 3. The van der Waals surface area contributed by atoms with Crippen molar-refractivity contribution in [3.63, 3.8) is 0 Å². The van der Waals surface area contributed by atoms with Crippen molar-refractivity contribution >= 4 is 0 Å². The molecule has 3 nitrogen and oxygen atoms in total. The molecule has 2 aromatic rings. The van der Waals surface area contributed by atoms with Gasteiger partial charge in [-0.15, -0.1) is 0 Å². The second-order valence-electron chi connectivity index (χ2n) is 7.61. The molecule has 4 rings (SSSR count). The molecular weight excluding hydrogens is 320 g/mol. The predicted octanol–water partition coefficient (Wildman–Crippen LogP) is 3.26. The Labute approximate surface area is 157 Å². The van der Waals surface area contributed by atoms with Crippen molar-refractivity contribution in [3.8, 4) is 0 Å². The molecule has 0 amide bonds. The van der Waals surface area contributed by atoms with Crippen molar-refractivity contribution in [2.75, 3.05) is 39.3 Å². The van der Waals surface area contributed by atoms with Crippen LogP contribution in [0.1, 0.15) is 41.1 Å². The molecule has 1 saturated heterocycles. The van der Waals surface area contributed by atoms with Crippen molar-refractivity contribution in [1.82, 2.24) is 9.80 Å². The maximum Gasteiger partial charge on any atom is 0.0608 e. The van der Waals surface area contributed by atoms with Crippen LogP contribution in [0.5, 0.6) is 0 Å². The summed E-state index contributed by atoms with van der Waals surface area (Å²) in [5.74, 6) is 0. The van der Waals surface area contributed by atoms with E-state index in [1.807, 2.05) is 0 Å². The van der Waals surface area contributed by atoms with E-state index in [1.54, 1.807) is 0 Å². The zero-order chi connectivity index (χ0) is 17.8. The van der Waals surface area contributed by atoms with E-state index >= 15 is 0 Å². The molecule has 0 bridgehead atoms. The Hall–Kier alpha value is -1.68. The Morgan fingerprint density at radius 2 is 1.35 bits per heavy atom. The number of unbranched alkanes of at least 4 members (excludes halogenated alkanes) is 1. The molecule has 1 fully saturated rings. The van der Waals surface area contributed by atoms with E-state index in [9.17, 15) is 0 Å². The fraction of sp³-hybridized carbons (Fsp3) is 0.478. The van der Waals surface area contributed by atoms with Crippen LogP contribution in [0.15, 0.2) is 48.5 Å². The summed E-state index contributed by atoms with van der Waals surface area (Å²) in [7, 11) is 0. The Bertz CT molecular complexity index is 674. The average molecular weight is 351 g/mol. The lowest BCUT2D eigenvalue weighted by molar-refractivity contribution is 0.106. The van der Waals surface area contributed by atoms with Gasteiger partial charge in [-0.2, -0.15) is 0 Å². The van der Waals surface area contributed by atoms with Gasteiger partial charge in [-0.3, -0.25) is 4.90 Å². The number of benzene rings is 2. The number of nitrogens with zero attached hydrogens (tertiary/aromatic N) is 2. The summed E-state index contributed by atoms with van der Waals surface area (Å²) in [5, 5.41) is 8.99. The lowest BCUT2D eigenvalue weighted by Gasteiger charge is -2.40. The first-order chi connectivity index (χ1) is 12.9. The van der Waals surface area contributed by atoms with Crippen molar-refractivity contribution in [2.45, 2.75) is 31.7 Å². The van der Waals surface area contributed by atoms with Crippen LogP contribution in [0.4, 0.5) is 0 Å². The number of hydrogen-bond donors (Lipinski definition) is 1. The van der Waals surface area contributed by atoms with Gasteiger partial charge in [0.25, 0.3) is 0 Å². The largest absolute Gasteiger partial charge is 0.396 e. The third-order valence-corrected chi connectivity index (χ3v) is 6.02. The molecule has 26 heavy (non-hydrogen) atoms. The molecule has 2 aromatic carbocycles. The van der Waals surface area contributed by atoms with E-state index in [4.69, 9.17) is 5.11 Å². The van der Waals surface area contributed by atoms with Gasteiger partial charge < -0.3 is 10.0 Å². The average Bonchev–Trinajstić information content (AvgIpc) is 2.86. The topological polar surface area (TPSA) is 26.7 Å². The van der Waals surface area contributed by atoms with Crippen molar-refractivity contribution in [1.29, 1.82) is 0 Å². The quantitative estimate of drug-likeness (QED) is 0.839. The van der Waals surface area contributed by atoms with E-state index in [0.29, 0.717) is 12.6 Å². The summed E-state index contributed by atoms with van der Waals surface area (Å²) < 4.78 is 0. The summed E-state index contributed by atoms with van der Waals surface area (Å²) in [5.41, 5.74) is 6.04. The molecule has 2 aliphatic rings. The van der Waals surface area contributed by atoms with Crippen molar-refractivity contribution in [3.05, 3.63) is 70.8 Å². The molecule has 0 radical (unpaired) electrons. The maximum absolute atomic E-state index is 8.99. The molecule has 3 heteroatoms. The Morgan fingerprint density at radius 1 is 0.769 bits per heavy atom. The van der Waals surface area contributed by atoms with Gasteiger partial charge in [0, 0.05) is 32.8 Å². The number of fused-ring (bicyclic) bond motifs is 2. The fourth-order valence-electron chi connectivity index (χ4n) is 4.58. The summed E-state index contributed by atoms with van der Waals surface area (Å²) in [6.07, 6.45) is 4.31. The van der Waals surface area contributed by atoms with Crippen LogP contribution in [-0.4, -0.2) is 54.2 Å². The SMILES string of the molecule is OCCCCN1CCN(C2c3ccccc3CCc3ccccc32)CC1. The van der Waals surface area contributed by atoms with Crippen molar-refractivity contribution < 1.29 is 5.11 Å².